The molecule has 4 aromatic carbocycles. The molecule has 2 heterocycles. The largest absolute Gasteiger partial charge is 0.308 e. The van der Waals surface area contributed by atoms with Crippen LogP contribution in [0.4, 0.5) is 0 Å². The standard InChI is InChI=1S/C27H23NSi/c1-29(2,3)18-15-16-26-24(17-18)20-10-5-4-9-19(20)22-12-8-13-23-21-11-6-7-14-25(21)28(26)27(22)23/h4-17H,1-3H3. The fraction of sp³-hybridized carbons (Fsp3) is 0.111. The summed E-state index contributed by atoms with van der Waals surface area (Å²) in [6.07, 6.45) is 0. The number of nitrogens with zero attached hydrogens (tertiary/aromatic N) is 1. The van der Waals surface area contributed by atoms with Crippen molar-refractivity contribution >= 4 is 35.1 Å². The molecule has 0 bridgehead atoms. The van der Waals surface area contributed by atoms with Gasteiger partial charge in [0, 0.05) is 21.9 Å². The van der Waals surface area contributed by atoms with E-state index in [1.54, 1.807) is 0 Å². The third-order valence-electron chi connectivity index (χ3n) is 6.31. The zero-order valence-electron chi connectivity index (χ0n) is 17.0. The lowest BCUT2D eigenvalue weighted by Gasteiger charge is -2.20. The third-order valence-corrected chi connectivity index (χ3v) is 8.35. The summed E-state index contributed by atoms with van der Waals surface area (Å²) < 4.78 is 2.49. The molecule has 1 aromatic heterocycles. The summed E-state index contributed by atoms with van der Waals surface area (Å²) >= 11 is 0. The molecular weight excluding hydrogens is 366 g/mol. The van der Waals surface area contributed by atoms with E-state index in [0.717, 1.165) is 0 Å². The van der Waals surface area contributed by atoms with Crippen molar-refractivity contribution in [3.63, 3.8) is 0 Å². The molecular formula is C27H23NSi. The molecule has 0 aliphatic carbocycles. The first-order valence-corrected chi connectivity index (χ1v) is 13.8. The maximum absolute atomic E-state index is 2.49. The van der Waals surface area contributed by atoms with E-state index >= 15 is 0 Å². The summed E-state index contributed by atoms with van der Waals surface area (Å²) in [7, 11) is -1.42. The number of para-hydroxylation sites is 2. The molecule has 140 valence electrons. The predicted octanol–water partition coefficient (Wildman–Crippen LogP) is 6.98. The molecule has 0 saturated carbocycles. The van der Waals surface area contributed by atoms with Crippen molar-refractivity contribution in [1.82, 2.24) is 4.57 Å². The number of benzene rings is 4. The zero-order valence-corrected chi connectivity index (χ0v) is 18.0. The maximum atomic E-state index is 2.49. The van der Waals surface area contributed by atoms with Gasteiger partial charge in [-0.1, -0.05) is 97.6 Å². The Balaban J connectivity index is 1.88. The van der Waals surface area contributed by atoms with Crippen molar-refractivity contribution in [1.29, 1.82) is 0 Å². The van der Waals surface area contributed by atoms with Crippen LogP contribution in [0.5, 0.6) is 0 Å². The Hall–Kier alpha value is -3.10. The number of hydrogen-bond donors (Lipinski definition) is 0. The molecule has 6 rings (SSSR count). The van der Waals surface area contributed by atoms with Gasteiger partial charge in [0.05, 0.1) is 24.8 Å². The first-order valence-electron chi connectivity index (χ1n) is 10.3. The van der Waals surface area contributed by atoms with E-state index in [9.17, 15) is 0 Å². The van der Waals surface area contributed by atoms with Gasteiger partial charge in [-0.15, -0.1) is 0 Å². The molecule has 0 amide bonds. The minimum Gasteiger partial charge on any atom is -0.308 e. The lowest BCUT2D eigenvalue weighted by Crippen LogP contribution is -2.37. The topological polar surface area (TPSA) is 4.93 Å². The smallest absolute Gasteiger partial charge is 0.0776 e. The maximum Gasteiger partial charge on any atom is 0.0776 e. The van der Waals surface area contributed by atoms with Crippen LogP contribution in [-0.2, 0) is 0 Å². The second-order valence-electron chi connectivity index (χ2n) is 9.08. The molecule has 1 nitrogen and oxygen atoms in total. The number of rotatable bonds is 1. The van der Waals surface area contributed by atoms with Gasteiger partial charge in [-0.3, -0.25) is 0 Å². The normalized spacial score (nSPS) is 12.7. The molecule has 0 unspecified atom stereocenters. The Morgan fingerprint density at radius 3 is 2.03 bits per heavy atom. The third kappa shape index (κ3) is 2.27. The van der Waals surface area contributed by atoms with E-state index in [1.165, 1.54) is 54.9 Å². The first-order chi connectivity index (χ1) is 14.0. The highest BCUT2D eigenvalue weighted by Crippen LogP contribution is 2.46. The molecule has 0 spiro atoms. The van der Waals surface area contributed by atoms with E-state index in [-0.39, 0.29) is 0 Å². The molecule has 0 saturated heterocycles. The molecule has 0 radical (unpaired) electrons. The van der Waals surface area contributed by atoms with Gasteiger partial charge < -0.3 is 4.57 Å². The second-order valence-corrected chi connectivity index (χ2v) is 14.2. The van der Waals surface area contributed by atoms with Crippen molar-refractivity contribution in [2.75, 3.05) is 0 Å². The average molecular weight is 390 g/mol. The van der Waals surface area contributed by atoms with Gasteiger partial charge in [0.15, 0.2) is 0 Å². The minimum absolute atomic E-state index is 1.28. The van der Waals surface area contributed by atoms with Gasteiger partial charge in [-0.25, -0.2) is 0 Å². The van der Waals surface area contributed by atoms with Gasteiger partial charge in [0.25, 0.3) is 0 Å². The van der Waals surface area contributed by atoms with Crippen molar-refractivity contribution < 1.29 is 0 Å². The van der Waals surface area contributed by atoms with Gasteiger partial charge in [-0.05, 0) is 23.3 Å². The SMILES string of the molecule is C[Si](C)(C)c1ccc2c(c1)-c1ccccc1-c1cccc3c4ccccc4n-2c13. The number of hydrogen-bond acceptors (Lipinski definition) is 0. The summed E-state index contributed by atoms with van der Waals surface area (Å²) in [6.45, 7) is 7.28. The molecule has 2 heteroatoms. The van der Waals surface area contributed by atoms with Crippen LogP contribution in [0.15, 0.2) is 84.9 Å². The Bertz CT molecular complexity index is 1430. The van der Waals surface area contributed by atoms with Crippen LogP contribution in [0, 0.1) is 0 Å². The van der Waals surface area contributed by atoms with Crippen LogP contribution in [0.1, 0.15) is 0 Å². The molecule has 1 aliphatic heterocycles. The molecule has 5 aromatic rings. The summed E-state index contributed by atoms with van der Waals surface area (Å²) in [5.41, 5.74) is 9.22. The average Bonchev–Trinajstić information content (AvgIpc) is 3.00. The highest BCUT2D eigenvalue weighted by Gasteiger charge is 2.25. The molecule has 0 fully saturated rings. The summed E-state index contributed by atoms with van der Waals surface area (Å²) in [5.74, 6) is 0. The van der Waals surface area contributed by atoms with Crippen LogP contribution in [0.3, 0.4) is 0 Å². The predicted molar refractivity (Wildman–Crippen MR) is 128 cm³/mol. The Morgan fingerprint density at radius 2 is 1.24 bits per heavy atom. The number of aromatic nitrogens is 1. The summed E-state index contributed by atoms with van der Waals surface area (Å²) in [6, 6.07) is 31.6. The summed E-state index contributed by atoms with van der Waals surface area (Å²) in [4.78, 5) is 0. The molecule has 0 atom stereocenters. The highest BCUT2D eigenvalue weighted by atomic mass is 28.3. The van der Waals surface area contributed by atoms with Gasteiger partial charge in [0.2, 0.25) is 0 Å². The van der Waals surface area contributed by atoms with Gasteiger partial charge >= 0.3 is 0 Å². The minimum atomic E-state index is -1.42. The van der Waals surface area contributed by atoms with E-state index in [4.69, 9.17) is 0 Å². The van der Waals surface area contributed by atoms with Gasteiger partial charge in [0.1, 0.15) is 0 Å². The van der Waals surface area contributed by atoms with Crippen LogP contribution < -0.4 is 5.19 Å². The molecule has 1 aliphatic rings. The van der Waals surface area contributed by atoms with Crippen molar-refractivity contribution in [2.45, 2.75) is 19.6 Å². The first kappa shape index (κ1) is 16.8. The van der Waals surface area contributed by atoms with E-state index in [1.807, 2.05) is 0 Å². The van der Waals surface area contributed by atoms with E-state index in [0.29, 0.717) is 0 Å². The van der Waals surface area contributed by atoms with Crippen LogP contribution in [0.2, 0.25) is 19.6 Å². The van der Waals surface area contributed by atoms with Gasteiger partial charge in [-0.2, -0.15) is 0 Å². The molecule has 29 heavy (non-hydrogen) atoms. The monoisotopic (exact) mass is 389 g/mol. The Morgan fingerprint density at radius 1 is 0.586 bits per heavy atom. The Labute approximate surface area is 172 Å². The molecule has 0 N–H and O–H groups in total. The fourth-order valence-electron chi connectivity index (χ4n) is 4.85. The zero-order chi connectivity index (χ0) is 19.8. The van der Waals surface area contributed by atoms with Crippen molar-refractivity contribution in [3.8, 4) is 27.9 Å². The van der Waals surface area contributed by atoms with E-state index in [2.05, 4.69) is 109 Å². The Kier molecular flexibility index (Phi) is 3.31. The van der Waals surface area contributed by atoms with Crippen molar-refractivity contribution in [2.24, 2.45) is 0 Å². The lowest BCUT2D eigenvalue weighted by atomic mass is 9.94. The highest BCUT2D eigenvalue weighted by molar-refractivity contribution is 6.88. The van der Waals surface area contributed by atoms with Crippen LogP contribution in [-0.4, -0.2) is 12.6 Å². The quantitative estimate of drug-likeness (QED) is 0.267. The van der Waals surface area contributed by atoms with E-state index < -0.39 is 8.07 Å². The fourth-order valence-corrected chi connectivity index (χ4v) is 6.01. The van der Waals surface area contributed by atoms with Crippen molar-refractivity contribution in [3.05, 3.63) is 84.9 Å². The number of fused-ring (bicyclic) bond motifs is 8. The van der Waals surface area contributed by atoms with Crippen LogP contribution >= 0.6 is 0 Å². The lowest BCUT2D eigenvalue weighted by molar-refractivity contribution is 1.19. The summed E-state index contributed by atoms with van der Waals surface area (Å²) in [5, 5.41) is 4.16. The second kappa shape index (κ2) is 5.71. The van der Waals surface area contributed by atoms with Crippen LogP contribution in [0.25, 0.3) is 49.7 Å².